The molecule has 0 aliphatic carbocycles. The number of rotatable bonds is 15. The van der Waals surface area contributed by atoms with E-state index in [1.165, 1.54) is 48.5 Å². The van der Waals surface area contributed by atoms with Crippen molar-refractivity contribution < 1.29 is 48.3 Å². The molecule has 0 bridgehead atoms. The lowest BCUT2D eigenvalue weighted by atomic mass is 10.1. The second kappa shape index (κ2) is 20.6. The molecule has 0 aliphatic heterocycles. The van der Waals surface area contributed by atoms with Crippen molar-refractivity contribution in [3.8, 4) is 11.5 Å². The van der Waals surface area contributed by atoms with Crippen LogP contribution in [0.5, 0.6) is 11.5 Å². The van der Waals surface area contributed by atoms with Crippen molar-refractivity contribution in [1.29, 1.82) is 0 Å². The Balaban J connectivity index is 0.000000271. The van der Waals surface area contributed by atoms with Crippen LogP contribution in [0.25, 0.3) is 0 Å². The first-order chi connectivity index (χ1) is 23.7. The predicted octanol–water partition coefficient (Wildman–Crippen LogP) is 8.23. The largest absolute Gasteiger partial charge is 0.508 e. The summed E-state index contributed by atoms with van der Waals surface area (Å²) in [4.78, 5) is 48.5. The van der Waals surface area contributed by atoms with Gasteiger partial charge in [-0.3, -0.25) is 0 Å². The lowest BCUT2D eigenvalue weighted by Crippen LogP contribution is -2.25. The maximum atomic E-state index is 12.3. The maximum Gasteiger partial charge on any atom is 0.341 e. The number of ether oxygens (including phenoxy) is 4. The van der Waals surface area contributed by atoms with Crippen molar-refractivity contribution in [3.05, 3.63) is 131 Å². The minimum atomic E-state index is -0.964. The van der Waals surface area contributed by atoms with Crippen molar-refractivity contribution >= 4 is 23.9 Å². The molecule has 2 atom stereocenters. The summed E-state index contributed by atoms with van der Waals surface area (Å²) in [5.74, 6) is -2.16. The highest BCUT2D eigenvalue weighted by Gasteiger charge is 2.21. The van der Waals surface area contributed by atoms with Crippen LogP contribution in [0.15, 0.2) is 109 Å². The van der Waals surface area contributed by atoms with Gasteiger partial charge in [-0.15, -0.1) is 0 Å². The lowest BCUT2D eigenvalue weighted by molar-refractivity contribution is -0.0842. The summed E-state index contributed by atoms with van der Waals surface area (Å²) in [6.45, 7) is 3.89. The minimum Gasteiger partial charge on any atom is -0.508 e. The Morgan fingerprint density at radius 3 is 1.18 bits per heavy atom. The zero-order chi connectivity index (χ0) is 35.4. The first-order valence-electron chi connectivity index (χ1n) is 16.2. The molecule has 49 heavy (non-hydrogen) atoms. The number of benzene rings is 4. The Kier molecular flexibility index (Phi) is 15.9. The van der Waals surface area contributed by atoms with E-state index in [9.17, 15) is 29.4 Å². The SMILES string of the molecule is CCC(OC(=O)c1ccccc1)OC(=O)c1ccc(O)cc1.CCCCCCCC(OC(=O)c1ccccc1)OC(=O)c1ccc(O)cc1. The van der Waals surface area contributed by atoms with Crippen molar-refractivity contribution in [2.75, 3.05) is 0 Å². The van der Waals surface area contributed by atoms with Gasteiger partial charge in [-0.05, 0) is 79.2 Å². The molecule has 0 saturated carbocycles. The first-order valence-corrected chi connectivity index (χ1v) is 16.2. The minimum absolute atomic E-state index is 0.0547. The molecule has 0 saturated heterocycles. The van der Waals surface area contributed by atoms with Crippen LogP contribution in [-0.4, -0.2) is 46.7 Å². The van der Waals surface area contributed by atoms with Crippen LogP contribution in [0.4, 0.5) is 0 Å². The molecule has 2 N–H and O–H groups in total. The molecular formula is C39H42O10. The standard InChI is InChI=1S/C22H26O5.C17H16O5/c1-2-3-4-5-9-12-20(26-21(24)17-10-7-6-8-11-17)27-22(25)18-13-15-19(23)16-14-18;1-2-15(21-16(19)12-6-4-3-5-7-12)22-17(20)13-8-10-14(18)11-9-13/h6-8,10-11,13-16,20,23H,2-5,9,12H2,1H3;3-11,15,18H,2H2,1H3. The third-order valence-corrected chi connectivity index (χ3v) is 7.06. The van der Waals surface area contributed by atoms with E-state index in [0.717, 1.165) is 32.1 Å². The number of unbranched alkanes of at least 4 members (excludes halogenated alkanes) is 4. The van der Waals surface area contributed by atoms with E-state index in [0.29, 0.717) is 29.5 Å². The van der Waals surface area contributed by atoms with E-state index in [-0.39, 0.29) is 17.1 Å². The van der Waals surface area contributed by atoms with Crippen LogP contribution in [-0.2, 0) is 18.9 Å². The van der Waals surface area contributed by atoms with E-state index in [2.05, 4.69) is 6.92 Å². The summed E-state index contributed by atoms with van der Waals surface area (Å²) in [6, 6.07) is 28.5. The van der Waals surface area contributed by atoms with Crippen LogP contribution < -0.4 is 0 Å². The monoisotopic (exact) mass is 670 g/mol. The predicted molar refractivity (Wildman–Crippen MR) is 182 cm³/mol. The number of hydrogen-bond acceptors (Lipinski definition) is 10. The molecule has 2 unspecified atom stereocenters. The Labute approximate surface area is 286 Å². The molecule has 4 aromatic rings. The normalized spacial score (nSPS) is 11.6. The van der Waals surface area contributed by atoms with E-state index >= 15 is 0 Å². The van der Waals surface area contributed by atoms with Crippen molar-refractivity contribution in [3.63, 3.8) is 0 Å². The molecule has 0 fully saturated rings. The van der Waals surface area contributed by atoms with Gasteiger partial charge in [0, 0.05) is 12.8 Å². The fourth-order valence-electron chi connectivity index (χ4n) is 4.34. The van der Waals surface area contributed by atoms with Gasteiger partial charge in [0.2, 0.25) is 12.6 Å². The molecule has 0 aromatic heterocycles. The highest BCUT2D eigenvalue weighted by Crippen LogP contribution is 2.17. The van der Waals surface area contributed by atoms with Crippen molar-refractivity contribution in [2.45, 2.75) is 71.4 Å². The third kappa shape index (κ3) is 13.6. The number of phenols is 2. The molecule has 4 rings (SSSR count). The van der Waals surface area contributed by atoms with Crippen molar-refractivity contribution in [1.82, 2.24) is 0 Å². The molecule has 258 valence electrons. The first kappa shape index (κ1) is 37.8. The van der Waals surface area contributed by atoms with Crippen LogP contribution in [0.1, 0.15) is 100 Å². The fraction of sp³-hybridized carbons (Fsp3) is 0.282. The van der Waals surface area contributed by atoms with E-state index in [1.807, 2.05) is 6.07 Å². The van der Waals surface area contributed by atoms with Gasteiger partial charge >= 0.3 is 23.9 Å². The van der Waals surface area contributed by atoms with Gasteiger partial charge < -0.3 is 29.2 Å². The number of esters is 4. The molecular weight excluding hydrogens is 628 g/mol. The highest BCUT2D eigenvalue weighted by molar-refractivity contribution is 5.92. The zero-order valence-electron chi connectivity index (χ0n) is 27.7. The summed E-state index contributed by atoms with van der Waals surface area (Å²) < 4.78 is 21.2. The van der Waals surface area contributed by atoms with E-state index in [4.69, 9.17) is 18.9 Å². The van der Waals surface area contributed by atoms with Gasteiger partial charge in [0.25, 0.3) is 0 Å². The second-order valence-electron chi connectivity index (χ2n) is 10.9. The van der Waals surface area contributed by atoms with Gasteiger partial charge in [0.15, 0.2) is 0 Å². The molecule has 0 aliphatic rings. The fourth-order valence-corrected chi connectivity index (χ4v) is 4.34. The van der Waals surface area contributed by atoms with E-state index in [1.54, 1.807) is 61.5 Å². The highest BCUT2D eigenvalue weighted by atomic mass is 16.7. The summed E-state index contributed by atoms with van der Waals surface area (Å²) in [5.41, 5.74) is 1.36. The second-order valence-corrected chi connectivity index (χ2v) is 10.9. The Hall–Kier alpha value is -5.64. The zero-order valence-corrected chi connectivity index (χ0v) is 27.7. The molecule has 4 aromatic carbocycles. The average molecular weight is 671 g/mol. The van der Waals surface area contributed by atoms with Crippen LogP contribution in [0.3, 0.4) is 0 Å². The van der Waals surface area contributed by atoms with Gasteiger partial charge in [0.05, 0.1) is 22.3 Å². The summed E-state index contributed by atoms with van der Waals surface area (Å²) >= 11 is 0. The lowest BCUT2D eigenvalue weighted by Gasteiger charge is -2.18. The number of carbonyl (C=O) groups excluding carboxylic acids is 4. The summed E-state index contributed by atoms with van der Waals surface area (Å²) in [5, 5.41) is 18.5. The number of aromatic hydroxyl groups is 2. The number of hydrogen-bond donors (Lipinski definition) is 2. The van der Waals surface area contributed by atoms with Crippen LogP contribution >= 0.6 is 0 Å². The van der Waals surface area contributed by atoms with Gasteiger partial charge in [-0.2, -0.15) is 0 Å². The quantitative estimate of drug-likeness (QED) is 0.0720. The smallest absolute Gasteiger partial charge is 0.341 e. The third-order valence-electron chi connectivity index (χ3n) is 7.06. The van der Waals surface area contributed by atoms with Gasteiger partial charge in [0.1, 0.15) is 11.5 Å². The Morgan fingerprint density at radius 2 is 0.816 bits per heavy atom. The topological polar surface area (TPSA) is 146 Å². The van der Waals surface area contributed by atoms with Crippen molar-refractivity contribution in [2.24, 2.45) is 0 Å². The Morgan fingerprint density at radius 1 is 0.469 bits per heavy atom. The number of carbonyl (C=O) groups is 4. The molecule has 0 radical (unpaired) electrons. The Bertz CT molecular complexity index is 1590. The average Bonchev–Trinajstić information content (AvgIpc) is 3.12. The van der Waals surface area contributed by atoms with Crippen LogP contribution in [0, 0.1) is 0 Å². The van der Waals surface area contributed by atoms with Crippen LogP contribution in [0.2, 0.25) is 0 Å². The van der Waals surface area contributed by atoms with Gasteiger partial charge in [-0.1, -0.05) is 75.9 Å². The van der Waals surface area contributed by atoms with E-state index < -0.39 is 36.5 Å². The molecule has 10 heteroatoms. The summed E-state index contributed by atoms with van der Waals surface area (Å²) in [7, 11) is 0. The van der Waals surface area contributed by atoms with Gasteiger partial charge in [-0.25, -0.2) is 19.2 Å². The molecule has 10 nitrogen and oxygen atoms in total. The molecule has 0 heterocycles. The maximum absolute atomic E-state index is 12.3. The summed E-state index contributed by atoms with van der Waals surface area (Å²) in [6.07, 6.45) is 4.06. The molecule has 0 amide bonds. The number of phenolic OH excluding ortho intramolecular Hbond substituents is 2. The molecule has 0 spiro atoms.